The highest BCUT2D eigenvalue weighted by molar-refractivity contribution is 8.18. The van der Waals surface area contributed by atoms with Crippen LogP contribution >= 0.6 is 23.5 Å². The van der Waals surface area contributed by atoms with Gasteiger partial charge in [-0.25, -0.2) is 9.59 Å². The molecule has 186 valence electrons. The zero-order valence-electron chi connectivity index (χ0n) is 18.9. The number of thioether (sulfide) groups is 2. The maximum absolute atomic E-state index is 12.7. The summed E-state index contributed by atoms with van der Waals surface area (Å²) >= 11 is 2.04. The van der Waals surface area contributed by atoms with Gasteiger partial charge in [-0.1, -0.05) is 19.8 Å². The molecule has 1 heterocycles. The molecular formula is C20H31N3O8S2. The van der Waals surface area contributed by atoms with Crippen molar-refractivity contribution in [2.24, 2.45) is 0 Å². The zero-order valence-corrected chi connectivity index (χ0v) is 20.6. The fourth-order valence-corrected chi connectivity index (χ4v) is 6.54. The van der Waals surface area contributed by atoms with E-state index in [2.05, 4.69) is 10.6 Å². The van der Waals surface area contributed by atoms with Crippen LogP contribution in [-0.2, 0) is 28.8 Å². The Kier molecular flexibility index (Phi) is 11.7. The summed E-state index contributed by atoms with van der Waals surface area (Å²) in [5.41, 5.74) is 0. The van der Waals surface area contributed by atoms with Crippen molar-refractivity contribution < 1.29 is 39.0 Å². The molecule has 0 radical (unpaired) electrons. The van der Waals surface area contributed by atoms with Crippen LogP contribution in [0.1, 0.15) is 59.3 Å². The summed E-state index contributed by atoms with van der Waals surface area (Å²) in [6, 6.07) is -2.53. The van der Waals surface area contributed by atoms with Crippen molar-refractivity contribution in [1.29, 1.82) is 0 Å². The van der Waals surface area contributed by atoms with Crippen molar-refractivity contribution in [2.45, 2.75) is 75.6 Å². The molecular weight excluding hydrogens is 474 g/mol. The van der Waals surface area contributed by atoms with Crippen molar-refractivity contribution in [2.75, 3.05) is 11.5 Å². The lowest BCUT2D eigenvalue weighted by Crippen LogP contribution is -2.51. The summed E-state index contributed by atoms with van der Waals surface area (Å²) in [6.07, 6.45) is 2.55. The monoisotopic (exact) mass is 505 g/mol. The van der Waals surface area contributed by atoms with E-state index < -0.39 is 51.9 Å². The Morgan fingerprint density at radius 2 is 1.33 bits per heavy atom. The van der Waals surface area contributed by atoms with E-state index in [1.165, 1.54) is 13.8 Å². The highest BCUT2D eigenvalue weighted by atomic mass is 32.2. The van der Waals surface area contributed by atoms with Gasteiger partial charge in [-0.15, -0.1) is 23.5 Å². The first-order chi connectivity index (χ1) is 15.4. The number of hydrogen-bond donors (Lipinski definition) is 4. The zero-order chi connectivity index (χ0) is 25.2. The number of carbonyl (C=O) groups is 6. The maximum atomic E-state index is 12.7. The highest BCUT2D eigenvalue weighted by Crippen LogP contribution is 2.47. The number of nitrogens with zero attached hydrogens (tertiary/aromatic N) is 1. The van der Waals surface area contributed by atoms with E-state index in [1.807, 2.05) is 6.92 Å². The number of likely N-dealkylation sites (tertiary alicyclic amines) is 1. The minimum absolute atomic E-state index is 0.0115. The van der Waals surface area contributed by atoms with Crippen molar-refractivity contribution in [3.05, 3.63) is 0 Å². The minimum atomic E-state index is -1.28. The number of nitrogens with one attached hydrogen (secondary N) is 2. The summed E-state index contributed by atoms with van der Waals surface area (Å²) in [7, 11) is 0. The SMILES string of the molecule is CCCCCC(SCC(NC(C)=O)C(=O)O)(SCC(NC(C)=O)C(=O)O)N1C(=O)CCC1=O. The quantitative estimate of drug-likeness (QED) is 0.143. The van der Waals surface area contributed by atoms with Crippen molar-refractivity contribution in [3.8, 4) is 0 Å². The van der Waals surface area contributed by atoms with Crippen LogP contribution < -0.4 is 10.6 Å². The van der Waals surface area contributed by atoms with Crippen molar-refractivity contribution >= 4 is 59.1 Å². The third kappa shape index (κ3) is 8.88. The number of carboxylic acid groups (broad SMARTS) is 2. The Morgan fingerprint density at radius 3 is 1.67 bits per heavy atom. The fourth-order valence-electron chi connectivity index (χ4n) is 3.25. The smallest absolute Gasteiger partial charge is 0.327 e. The number of imide groups is 1. The summed E-state index contributed by atoms with van der Waals surface area (Å²) < 4.78 is -1.28. The molecule has 0 aromatic carbocycles. The van der Waals surface area contributed by atoms with E-state index >= 15 is 0 Å². The average molecular weight is 506 g/mol. The second-order valence-electron chi connectivity index (χ2n) is 7.60. The number of amides is 4. The van der Waals surface area contributed by atoms with Gasteiger partial charge >= 0.3 is 11.9 Å². The molecule has 0 aromatic rings. The summed E-state index contributed by atoms with van der Waals surface area (Å²) in [5, 5.41) is 23.6. The molecule has 1 aliphatic heterocycles. The average Bonchev–Trinajstić information content (AvgIpc) is 3.05. The standard InChI is InChI=1S/C20H31N3O8S2/c1-4-5-6-9-20(23-16(26)7-8-17(23)27,32-10-14(18(28)29)21-12(2)24)33-11-15(19(30)31)22-13(3)25/h14-15H,4-11H2,1-3H3,(H,21,24)(H,22,25)(H,28,29)(H,30,31). The van der Waals surface area contributed by atoms with Crippen LogP contribution in [0, 0.1) is 0 Å². The predicted octanol–water partition coefficient (Wildman–Crippen LogP) is 1.01. The van der Waals surface area contributed by atoms with Crippen LogP contribution in [0.3, 0.4) is 0 Å². The summed E-state index contributed by atoms with van der Waals surface area (Å²) in [5.74, 6) is -4.78. The van der Waals surface area contributed by atoms with Gasteiger partial charge in [0.05, 0.1) is 0 Å². The number of aliphatic carboxylic acids is 2. The third-order valence-corrected chi connectivity index (χ3v) is 8.17. The molecule has 0 aliphatic carbocycles. The topological polar surface area (TPSA) is 170 Å². The molecule has 4 amide bonds. The first-order valence-corrected chi connectivity index (χ1v) is 12.5. The molecule has 13 heteroatoms. The Balaban J connectivity index is 3.31. The molecule has 33 heavy (non-hydrogen) atoms. The Bertz CT molecular complexity index is 722. The Labute approximate surface area is 200 Å². The second-order valence-corrected chi connectivity index (χ2v) is 10.5. The number of rotatable bonds is 15. The van der Waals surface area contributed by atoms with Crippen LogP contribution in [0.2, 0.25) is 0 Å². The number of carboxylic acids is 2. The van der Waals surface area contributed by atoms with Gasteiger partial charge in [0.25, 0.3) is 0 Å². The van der Waals surface area contributed by atoms with E-state index in [-0.39, 0.29) is 24.3 Å². The van der Waals surface area contributed by atoms with Gasteiger partial charge in [0.2, 0.25) is 23.6 Å². The molecule has 2 atom stereocenters. The minimum Gasteiger partial charge on any atom is -0.480 e. The lowest BCUT2D eigenvalue weighted by atomic mass is 10.2. The van der Waals surface area contributed by atoms with Crippen molar-refractivity contribution in [1.82, 2.24) is 15.5 Å². The van der Waals surface area contributed by atoms with Gasteiger partial charge in [-0.2, -0.15) is 0 Å². The molecule has 1 saturated heterocycles. The molecule has 1 rings (SSSR count). The van der Waals surface area contributed by atoms with Gasteiger partial charge in [-0.3, -0.25) is 24.1 Å². The fraction of sp³-hybridized carbons (Fsp3) is 0.700. The predicted molar refractivity (Wildman–Crippen MR) is 123 cm³/mol. The largest absolute Gasteiger partial charge is 0.480 e. The van der Waals surface area contributed by atoms with E-state index in [1.54, 1.807) is 0 Å². The van der Waals surface area contributed by atoms with Crippen LogP contribution in [0.15, 0.2) is 0 Å². The lowest BCUT2D eigenvalue weighted by Gasteiger charge is -2.40. The normalized spacial score (nSPS) is 17.2. The lowest BCUT2D eigenvalue weighted by molar-refractivity contribution is -0.141. The van der Waals surface area contributed by atoms with E-state index in [0.717, 1.165) is 41.3 Å². The Hall–Kier alpha value is -2.28. The van der Waals surface area contributed by atoms with Gasteiger partial charge < -0.3 is 20.8 Å². The number of unbranched alkanes of at least 4 members (excludes halogenated alkanes) is 2. The molecule has 1 aliphatic rings. The molecule has 11 nitrogen and oxygen atoms in total. The van der Waals surface area contributed by atoms with Gasteiger partial charge in [0.1, 0.15) is 16.3 Å². The van der Waals surface area contributed by atoms with Gasteiger partial charge in [0.15, 0.2) is 0 Å². The second kappa shape index (κ2) is 13.4. The molecule has 1 fully saturated rings. The van der Waals surface area contributed by atoms with Crippen LogP contribution in [0.4, 0.5) is 0 Å². The highest BCUT2D eigenvalue weighted by Gasteiger charge is 2.48. The number of carbonyl (C=O) groups excluding carboxylic acids is 4. The maximum Gasteiger partial charge on any atom is 0.327 e. The van der Waals surface area contributed by atoms with Crippen LogP contribution in [0.25, 0.3) is 0 Å². The molecule has 4 N–H and O–H groups in total. The first kappa shape index (κ1) is 28.8. The molecule has 2 unspecified atom stereocenters. The van der Waals surface area contributed by atoms with Crippen LogP contribution in [0.5, 0.6) is 0 Å². The van der Waals surface area contributed by atoms with E-state index in [9.17, 15) is 39.0 Å². The van der Waals surface area contributed by atoms with E-state index in [0.29, 0.717) is 12.8 Å². The van der Waals surface area contributed by atoms with Gasteiger partial charge in [-0.05, 0) is 12.8 Å². The van der Waals surface area contributed by atoms with Gasteiger partial charge in [0, 0.05) is 38.2 Å². The Morgan fingerprint density at radius 1 is 0.909 bits per heavy atom. The van der Waals surface area contributed by atoms with E-state index in [4.69, 9.17) is 0 Å². The molecule has 0 saturated carbocycles. The number of hydrogen-bond acceptors (Lipinski definition) is 8. The van der Waals surface area contributed by atoms with Crippen LogP contribution in [-0.4, -0.2) is 78.5 Å². The molecule has 0 aromatic heterocycles. The third-order valence-electron chi connectivity index (χ3n) is 4.79. The molecule has 0 bridgehead atoms. The molecule has 0 spiro atoms. The summed E-state index contributed by atoms with van der Waals surface area (Å²) in [4.78, 5) is 72.6. The van der Waals surface area contributed by atoms with Crippen molar-refractivity contribution in [3.63, 3.8) is 0 Å². The first-order valence-electron chi connectivity index (χ1n) is 10.6. The summed E-state index contributed by atoms with van der Waals surface area (Å²) in [6.45, 7) is 4.34.